The number of ether oxygens (including phenoxy) is 1. The quantitative estimate of drug-likeness (QED) is 0.315. The number of esters is 1. The zero-order valence-corrected chi connectivity index (χ0v) is 17.4. The van der Waals surface area contributed by atoms with Crippen LogP contribution in [0.2, 0.25) is 0 Å². The zero-order valence-electron chi connectivity index (χ0n) is 17.4. The minimum atomic E-state index is -0.759. The molecule has 0 aliphatic heterocycles. The number of halogens is 4. The van der Waals surface area contributed by atoms with Crippen LogP contribution >= 0.6 is 0 Å². The maximum atomic E-state index is 13.8. The molecule has 2 nitrogen and oxygen atoms in total. The Morgan fingerprint density at radius 2 is 1.10 bits per heavy atom. The molecule has 0 saturated carbocycles. The van der Waals surface area contributed by atoms with E-state index in [0.29, 0.717) is 23.1 Å². The Morgan fingerprint density at radius 3 is 1.45 bits per heavy atom. The van der Waals surface area contributed by atoms with Crippen molar-refractivity contribution in [2.24, 2.45) is 5.92 Å². The fraction of sp³-hybridized carbons (Fsp3) is 0.240. The van der Waals surface area contributed by atoms with Crippen molar-refractivity contribution in [3.8, 4) is 22.3 Å². The van der Waals surface area contributed by atoms with Crippen molar-refractivity contribution < 1.29 is 27.1 Å². The Kier molecular flexibility index (Phi) is 6.78. The lowest BCUT2D eigenvalue weighted by Crippen LogP contribution is -2.16. The third kappa shape index (κ3) is 5.51. The lowest BCUT2D eigenvalue weighted by molar-refractivity contribution is -0.142. The molecule has 3 aromatic rings. The summed E-state index contributed by atoms with van der Waals surface area (Å²) in [5, 5.41) is 0. The lowest BCUT2D eigenvalue weighted by Gasteiger charge is -2.20. The molecule has 0 spiro atoms. The van der Waals surface area contributed by atoms with E-state index in [1.54, 1.807) is 18.2 Å². The van der Waals surface area contributed by atoms with Crippen molar-refractivity contribution in [1.29, 1.82) is 0 Å². The molecule has 1 atom stereocenters. The van der Waals surface area contributed by atoms with E-state index in [2.05, 4.69) is 0 Å². The van der Waals surface area contributed by atoms with Gasteiger partial charge in [-0.3, -0.25) is 4.79 Å². The molecule has 0 fully saturated rings. The van der Waals surface area contributed by atoms with Crippen LogP contribution in [-0.2, 0) is 9.53 Å². The highest BCUT2D eigenvalue weighted by molar-refractivity contribution is 5.81. The summed E-state index contributed by atoms with van der Waals surface area (Å²) in [6.45, 7) is 3.90. The van der Waals surface area contributed by atoms with E-state index in [-0.39, 0.29) is 17.0 Å². The normalized spacial score (nSPS) is 12.1. The highest BCUT2D eigenvalue weighted by Gasteiger charge is 2.24. The van der Waals surface area contributed by atoms with Crippen molar-refractivity contribution >= 4 is 5.97 Å². The molecule has 0 aliphatic carbocycles. The molecule has 3 rings (SSSR count). The monoisotopic (exact) mass is 430 g/mol. The highest BCUT2D eigenvalue weighted by Crippen LogP contribution is 2.35. The maximum absolute atomic E-state index is 13.8. The Balaban J connectivity index is 2.25. The SMILES string of the molecule is COC(=O)C(CC(C)C)c1cc(-c2cc(F)cc(F)c2)cc(-c2cc(F)cc(F)c2)c1. The minimum absolute atomic E-state index is 0.148. The maximum Gasteiger partial charge on any atom is 0.313 e. The van der Waals surface area contributed by atoms with Gasteiger partial charge in [-0.05, 0) is 70.5 Å². The van der Waals surface area contributed by atoms with Crippen molar-refractivity contribution in [3.63, 3.8) is 0 Å². The molecule has 0 N–H and O–H groups in total. The zero-order chi connectivity index (χ0) is 22.7. The standard InChI is InChI=1S/C25H22F4O2/c1-14(2)4-24(25(30)31-3)19-6-15(17-8-20(26)12-21(27)9-17)5-16(7-19)18-10-22(28)13-23(29)11-18/h5-14,24H,4H2,1-3H3. The van der Waals surface area contributed by atoms with E-state index in [0.717, 1.165) is 36.4 Å². The molecular formula is C25H22F4O2. The highest BCUT2D eigenvalue weighted by atomic mass is 19.1. The molecular weight excluding hydrogens is 408 g/mol. The Labute approximate surface area is 178 Å². The average Bonchev–Trinajstić information content (AvgIpc) is 2.69. The van der Waals surface area contributed by atoms with Crippen LogP contribution in [-0.4, -0.2) is 13.1 Å². The molecule has 0 aromatic heterocycles. The molecule has 6 heteroatoms. The van der Waals surface area contributed by atoms with Gasteiger partial charge in [0.25, 0.3) is 0 Å². The summed E-state index contributed by atoms with van der Waals surface area (Å²) in [4.78, 5) is 12.5. The van der Waals surface area contributed by atoms with E-state index in [1.807, 2.05) is 13.8 Å². The second kappa shape index (κ2) is 9.33. The van der Waals surface area contributed by atoms with Crippen LogP contribution in [0.4, 0.5) is 17.6 Å². The summed E-state index contributed by atoms with van der Waals surface area (Å²) in [6, 6.07) is 11.0. The first-order valence-electron chi connectivity index (χ1n) is 9.82. The van der Waals surface area contributed by atoms with Crippen molar-refractivity contribution in [2.75, 3.05) is 7.11 Å². The third-order valence-corrected chi connectivity index (χ3v) is 4.94. The predicted molar refractivity (Wildman–Crippen MR) is 111 cm³/mol. The summed E-state index contributed by atoms with van der Waals surface area (Å²) >= 11 is 0. The van der Waals surface area contributed by atoms with Crippen LogP contribution in [0.5, 0.6) is 0 Å². The van der Waals surface area contributed by atoms with Gasteiger partial charge in [0.05, 0.1) is 13.0 Å². The largest absolute Gasteiger partial charge is 0.469 e. The fourth-order valence-corrected chi connectivity index (χ4v) is 3.61. The van der Waals surface area contributed by atoms with E-state index in [9.17, 15) is 22.4 Å². The Morgan fingerprint density at radius 1 is 0.710 bits per heavy atom. The molecule has 0 radical (unpaired) electrons. The first-order chi connectivity index (χ1) is 14.7. The van der Waals surface area contributed by atoms with Gasteiger partial charge in [-0.15, -0.1) is 0 Å². The number of carbonyl (C=O) groups is 1. The minimum Gasteiger partial charge on any atom is -0.469 e. The van der Waals surface area contributed by atoms with Crippen LogP contribution in [0, 0.1) is 29.2 Å². The van der Waals surface area contributed by atoms with Crippen LogP contribution in [0.1, 0.15) is 31.7 Å². The summed E-state index contributed by atoms with van der Waals surface area (Å²) in [5.41, 5.74) is 1.83. The van der Waals surface area contributed by atoms with Crippen molar-refractivity contribution in [1.82, 2.24) is 0 Å². The van der Waals surface area contributed by atoms with Gasteiger partial charge in [-0.1, -0.05) is 26.0 Å². The van der Waals surface area contributed by atoms with Gasteiger partial charge in [0.2, 0.25) is 0 Å². The van der Waals surface area contributed by atoms with Crippen molar-refractivity contribution in [3.05, 3.63) is 83.4 Å². The molecule has 3 aromatic carbocycles. The van der Waals surface area contributed by atoms with E-state index < -0.39 is 35.2 Å². The van der Waals surface area contributed by atoms with Crippen LogP contribution in [0.25, 0.3) is 22.3 Å². The van der Waals surface area contributed by atoms with E-state index in [4.69, 9.17) is 4.74 Å². The predicted octanol–water partition coefficient (Wildman–Crippen LogP) is 6.88. The number of hydrogen-bond donors (Lipinski definition) is 0. The Hall–Kier alpha value is -3.15. The van der Waals surface area contributed by atoms with Gasteiger partial charge in [-0.25, -0.2) is 17.6 Å². The first kappa shape index (κ1) is 22.5. The fourth-order valence-electron chi connectivity index (χ4n) is 3.61. The van der Waals surface area contributed by atoms with Gasteiger partial charge >= 0.3 is 5.97 Å². The van der Waals surface area contributed by atoms with Gasteiger partial charge in [0.15, 0.2) is 0 Å². The second-order valence-electron chi connectivity index (χ2n) is 7.87. The molecule has 1 unspecified atom stereocenters. The summed E-state index contributed by atoms with van der Waals surface area (Å²) in [6.07, 6.45) is 0.463. The Bertz CT molecular complexity index is 998. The molecule has 0 amide bonds. The van der Waals surface area contributed by atoms with Crippen LogP contribution < -0.4 is 0 Å². The second-order valence-corrected chi connectivity index (χ2v) is 7.87. The summed E-state index contributed by atoms with van der Waals surface area (Å²) in [5.74, 6) is -4.01. The topological polar surface area (TPSA) is 26.3 Å². The van der Waals surface area contributed by atoms with Crippen molar-refractivity contribution in [2.45, 2.75) is 26.2 Å². The number of rotatable bonds is 6. The molecule has 31 heavy (non-hydrogen) atoms. The van der Waals surface area contributed by atoms with E-state index >= 15 is 0 Å². The van der Waals surface area contributed by atoms with Gasteiger partial charge in [0.1, 0.15) is 23.3 Å². The number of carbonyl (C=O) groups excluding carboxylic acids is 1. The first-order valence-corrected chi connectivity index (χ1v) is 9.82. The van der Waals surface area contributed by atoms with Gasteiger partial charge < -0.3 is 4.74 Å². The summed E-state index contributed by atoms with van der Waals surface area (Å²) < 4.78 is 60.3. The van der Waals surface area contributed by atoms with E-state index in [1.165, 1.54) is 7.11 Å². The number of benzene rings is 3. The van der Waals surface area contributed by atoms with Crippen LogP contribution in [0.15, 0.2) is 54.6 Å². The molecule has 0 heterocycles. The number of methoxy groups -OCH3 is 1. The molecule has 162 valence electrons. The van der Waals surface area contributed by atoms with Gasteiger partial charge in [0, 0.05) is 12.1 Å². The molecule has 0 bridgehead atoms. The van der Waals surface area contributed by atoms with Gasteiger partial charge in [-0.2, -0.15) is 0 Å². The smallest absolute Gasteiger partial charge is 0.313 e. The number of hydrogen-bond acceptors (Lipinski definition) is 2. The summed E-state index contributed by atoms with van der Waals surface area (Å²) in [7, 11) is 1.28. The lowest BCUT2D eigenvalue weighted by atomic mass is 9.86. The molecule has 0 saturated heterocycles. The third-order valence-electron chi connectivity index (χ3n) is 4.94. The molecule has 0 aliphatic rings. The van der Waals surface area contributed by atoms with Crippen LogP contribution in [0.3, 0.4) is 0 Å². The average molecular weight is 430 g/mol.